The van der Waals surface area contributed by atoms with Crippen LogP contribution in [0.15, 0.2) is 53.3 Å². The molecule has 0 spiro atoms. The number of hydrogen-bond donors (Lipinski definition) is 1. The van der Waals surface area contributed by atoms with Gasteiger partial charge in [-0.25, -0.2) is 4.68 Å². The van der Waals surface area contributed by atoms with Gasteiger partial charge in [0.25, 0.3) is 5.56 Å². The number of aromatic nitrogens is 5. The molecule has 39 heavy (non-hydrogen) atoms. The van der Waals surface area contributed by atoms with E-state index in [9.17, 15) is 4.79 Å². The predicted octanol–water partition coefficient (Wildman–Crippen LogP) is 4.75. The summed E-state index contributed by atoms with van der Waals surface area (Å²) < 4.78 is 13.6. The second-order valence-electron chi connectivity index (χ2n) is 11.3. The number of tetrazole rings is 1. The van der Waals surface area contributed by atoms with Crippen molar-refractivity contribution < 1.29 is 9.47 Å². The third-order valence-corrected chi connectivity index (χ3v) is 7.14. The number of aryl methyl sites for hydroxylation is 1. The molecule has 5 rings (SSSR count). The molecular weight excluding hydrogens is 492 g/mol. The zero-order valence-electron chi connectivity index (χ0n) is 23.5. The van der Waals surface area contributed by atoms with E-state index in [1.807, 2.05) is 41.9 Å². The monoisotopic (exact) mass is 530 g/mol. The van der Waals surface area contributed by atoms with Crippen molar-refractivity contribution in [2.24, 2.45) is 0 Å². The molecular formula is C30H38N6O3. The molecule has 1 aliphatic rings. The number of fused-ring (bicyclic) bond motifs is 1. The minimum atomic E-state index is -0.497. The maximum absolute atomic E-state index is 13.7. The molecule has 1 N–H and O–H groups in total. The van der Waals surface area contributed by atoms with E-state index in [0.717, 1.165) is 47.2 Å². The van der Waals surface area contributed by atoms with Gasteiger partial charge in [0.1, 0.15) is 11.8 Å². The van der Waals surface area contributed by atoms with Crippen LogP contribution in [0, 0.1) is 6.92 Å². The minimum Gasteiger partial charge on any atom is -0.494 e. The fourth-order valence-corrected chi connectivity index (χ4v) is 5.29. The number of aromatic amines is 1. The smallest absolute Gasteiger partial charge is 0.253 e. The molecule has 3 heterocycles. The van der Waals surface area contributed by atoms with E-state index >= 15 is 0 Å². The summed E-state index contributed by atoms with van der Waals surface area (Å²) in [5.74, 6) is 1.46. The minimum absolute atomic E-state index is 0.0657. The van der Waals surface area contributed by atoms with Crippen LogP contribution in [0.5, 0.6) is 5.75 Å². The van der Waals surface area contributed by atoms with Crippen molar-refractivity contribution in [2.75, 3.05) is 19.8 Å². The Morgan fingerprint density at radius 3 is 2.67 bits per heavy atom. The standard InChI is InChI=1S/C30H38N6O3/c1-6-38-23-12-10-21(11-13-23)18-35(19-24-8-7-15-39-24)27(28-32-33-34-36(28)30(3,4)5)25-17-22-16-20(2)9-14-26(22)31-29(25)37/h9-14,16-17,24,27H,6-8,15,18-19H2,1-5H3,(H,31,37). The Morgan fingerprint density at radius 1 is 1.18 bits per heavy atom. The van der Waals surface area contributed by atoms with Crippen molar-refractivity contribution >= 4 is 10.9 Å². The first-order valence-electron chi connectivity index (χ1n) is 13.7. The van der Waals surface area contributed by atoms with Gasteiger partial charge in [-0.3, -0.25) is 9.69 Å². The first kappa shape index (κ1) is 27.0. The van der Waals surface area contributed by atoms with E-state index in [4.69, 9.17) is 9.47 Å². The molecule has 9 heteroatoms. The summed E-state index contributed by atoms with van der Waals surface area (Å²) in [7, 11) is 0. The van der Waals surface area contributed by atoms with Gasteiger partial charge >= 0.3 is 0 Å². The third-order valence-electron chi connectivity index (χ3n) is 7.14. The molecule has 1 aliphatic heterocycles. The van der Waals surface area contributed by atoms with Crippen molar-refractivity contribution in [3.8, 4) is 5.75 Å². The van der Waals surface area contributed by atoms with Crippen LogP contribution in [0.2, 0.25) is 0 Å². The van der Waals surface area contributed by atoms with Gasteiger partial charge in [0.15, 0.2) is 5.82 Å². The van der Waals surface area contributed by atoms with E-state index in [1.165, 1.54) is 0 Å². The van der Waals surface area contributed by atoms with Crippen LogP contribution in [0.1, 0.15) is 69.1 Å². The molecule has 9 nitrogen and oxygen atoms in total. The van der Waals surface area contributed by atoms with E-state index in [1.54, 1.807) is 0 Å². The maximum atomic E-state index is 13.7. The Morgan fingerprint density at radius 2 is 1.97 bits per heavy atom. The van der Waals surface area contributed by atoms with Gasteiger partial charge in [-0.15, -0.1) is 5.10 Å². The molecule has 0 saturated carbocycles. The number of pyridine rings is 1. The van der Waals surface area contributed by atoms with Crippen molar-refractivity contribution in [3.05, 3.63) is 81.4 Å². The lowest BCUT2D eigenvalue weighted by Gasteiger charge is -2.34. The molecule has 0 bridgehead atoms. The first-order chi connectivity index (χ1) is 18.7. The van der Waals surface area contributed by atoms with Gasteiger partial charge < -0.3 is 14.5 Å². The number of benzene rings is 2. The first-order valence-corrected chi connectivity index (χ1v) is 13.7. The molecule has 2 aromatic carbocycles. The van der Waals surface area contributed by atoms with Crippen LogP contribution < -0.4 is 10.3 Å². The molecule has 0 radical (unpaired) electrons. The largest absolute Gasteiger partial charge is 0.494 e. The molecule has 4 aromatic rings. The van der Waals surface area contributed by atoms with Crippen molar-refractivity contribution in [2.45, 2.75) is 71.7 Å². The molecule has 0 aliphatic carbocycles. The van der Waals surface area contributed by atoms with Gasteiger partial charge in [-0.1, -0.05) is 23.8 Å². The van der Waals surface area contributed by atoms with Crippen LogP contribution in [0.3, 0.4) is 0 Å². The summed E-state index contributed by atoms with van der Waals surface area (Å²) in [4.78, 5) is 19.1. The Hall–Kier alpha value is -3.56. The van der Waals surface area contributed by atoms with E-state index < -0.39 is 6.04 Å². The second kappa shape index (κ2) is 11.3. The molecule has 2 unspecified atom stereocenters. The van der Waals surface area contributed by atoms with Crippen molar-refractivity contribution in [1.82, 2.24) is 30.1 Å². The number of ether oxygens (including phenoxy) is 2. The average molecular weight is 531 g/mol. The van der Waals surface area contributed by atoms with Gasteiger partial charge in [0, 0.05) is 30.8 Å². The van der Waals surface area contributed by atoms with E-state index in [-0.39, 0.29) is 17.2 Å². The molecule has 2 aromatic heterocycles. The highest BCUT2D eigenvalue weighted by Gasteiger charge is 2.35. The van der Waals surface area contributed by atoms with E-state index in [2.05, 4.69) is 71.3 Å². The molecule has 1 saturated heterocycles. The summed E-state index contributed by atoms with van der Waals surface area (Å²) in [5.41, 5.74) is 3.11. The Kier molecular flexibility index (Phi) is 7.81. The Labute approximate surface area is 229 Å². The van der Waals surface area contributed by atoms with Crippen LogP contribution in [0.25, 0.3) is 10.9 Å². The zero-order valence-corrected chi connectivity index (χ0v) is 23.5. The van der Waals surface area contributed by atoms with Gasteiger partial charge in [0.2, 0.25) is 0 Å². The number of rotatable bonds is 9. The van der Waals surface area contributed by atoms with Gasteiger partial charge in [-0.05, 0) is 99.2 Å². The predicted molar refractivity (Wildman–Crippen MR) is 151 cm³/mol. The molecule has 1 fully saturated rings. The third kappa shape index (κ3) is 6.04. The quantitative estimate of drug-likeness (QED) is 0.334. The Balaban J connectivity index is 1.66. The lowest BCUT2D eigenvalue weighted by Crippen LogP contribution is -2.40. The summed E-state index contributed by atoms with van der Waals surface area (Å²) in [5, 5.41) is 13.9. The number of hydrogen-bond acceptors (Lipinski definition) is 7. The number of nitrogens with zero attached hydrogens (tertiary/aromatic N) is 5. The summed E-state index contributed by atoms with van der Waals surface area (Å²) >= 11 is 0. The summed E-state index contributed by atoms with van der Waals surface area (Å²) in [6.07, 6.45) is 2.07. The topological polar surface area (TPSA) is 98.2 Å². The highest BCUT2D eigenvalue weighted by molar-refractivity contribution is 5.79. The zero-order chi connectivity index (χ0) is 27.6. The highest BCUT2D eigenvalue weighted by Crippen LogP contribution is 2.32. The van der Waals surface area contributed by atoms with Crippen LogP contribution in [-0.4, -0.2) is 56.0 Å². The van der Waals surface area contributed by atoms with Crippen molar-refractivity contribution in [1.29, 1.82) is 0 Å². The van der Waals surface area contributed by atoms with E-state index in [0.29, 0.717) is 31.1 Å². The molecule has 0 amide bonds. The molecule has 206 valence electrons. The van der Waals surface area contributed by atoms with Crippen LogP contribution in [-0.2, 0) is 16.8 Å². The average Bonchev–Trinajstić information content (AvgIpc) is 3.59. The number of nitrogens with one attached hydrogen (secondary N) is 1. The van der Waals surface area contributed by atoms with Crippen LogP contribution >= 0.6 is 0 Å². The number of H-pyrrole nitrogens is 1. The summed E-state index contributed by atoms with van der Waals surface area (Å²) in [6, 6.07) is 15.7. The van der Waals surface area contributed by atoms with Crippen LogP contribution in [0.4, 0.5) is 0 Å². The van der Waals surface area contributed by atoms with Crippen molar-refractivity contribution in [3.63, 3.8) is 0 Å². The lowest BCUT2D eigenvalue weighted by molar-refractivity contribution is 0.0564. The fraction of sp³-hybridized carbons (Fsp3) is 0.467. The molecule has 2 atom stereocenters. The Bertz CT molecular complexity index is 1460. The highest BCUT2D eigenvalue weighted by atomic mass is 16.5. The van der Waals surface area contributed by atoms with Gasteiger partial charge in [0.05, 0.1) is 18.2 Å². The normalized spacial score (nSPS) is 16.7. The fourth-order valence-electron chi connectivity index (χ4n) is 5.29. The maximum Gasteiger partial charge on any atom is 0.253 e. The van der Waals surface area contributed by atoms with Gasteiger partial charge in [-0.2, -0.15) is 0 Å². The SMILES string of the molecule is CCOc1ccc(CN(CC2CCCO2)C(c2cc3cc(C)ccc3[nH]c2=O)c2nnnn2C(C)(C)C)cc1. The second-order valence-corrected chi connectivity index (χ2v) is 11.3. The lowest BCUT2D eigenvalue weighted by atomic mass is 9.99. The summed E-state index contributed by atoms with van der Waals surface area (Å²) in [6.45, 7) is 12.8.